The fourth-order valence-corrected chi connectivity index (χ4v) is 6.34. The summed E-state index contributed by atoms with van der Waals surface area (Å²) in [6.07, 6.45) is 4.39. The number of nitrogens with zero attached hydrogens (tertiary/aromatic N) is 1. The van der Waals surface area contributed by atoms with E-state index >= 15 is 0 Å². The standard InChI is InChI=1S/C31H28NO2/c1-18-22-8-4-5-9-23(22)19(2)31-27(18)30-29-25(11-14-32(30)3)28-21(17-26(29)34-31)7-6-10-24(28)20-12-15-33-16-13-20/h4-11,14,17,20H,12-13,15-16H2,1-3H3/q+1. The third-order valence-corrected chi connectivity index (χ3v) is 8.04. The lowest BCUT2D eigenvalue weighted by Gasteiger charge is -2.27. The molecule has 1 aromatic heterocycles. The van der Waals surface area contributed by atoms with Crippen LogP contribution in [0.15, 0.2) is 60.8 Å². The maximum atomic E-state index is 6.78. The van der Waals surface area contributed by atoms with E-state index in [0.29, 0.717) is 5.92 Å². The van der Waals surface area contributed by atoms with Crippen LogP contribution in [0.5, 0.6) is 11.5 Å². The molecule has 2 aliphatic heterocycles. The molecule has 0 spiro atoms. The molecule has 168 valence electrons. The zero-order chi connectivity index (χ0) is 23.0. The van der Waals surface area contributed by atoms with Gasteiger partial charge in [-0.2, -0.15) is 0 Å². The van der Waals surface area contributed by atoms with Crippen LogP contribution in [-0.2, 0) is 11.8 Å². The summed E-state index contributed by atoms with van der Waals surface area (Å²) >= 11 is 0. The highest BCUT2D eigenvalue weighted by Gasteiger charge is 2.33. The molecule has 0 bridgehead atoms. The molecule has 0 N–H and O–H groups in total. The predicted octanol–water partition coefficient (Wildman–Crippen LogP) is 7.25. The van der Waals surface area contributed by atoms with Crippen molar-refractivity contribution in [3.05, 3.63) is 77.5 Å². The Balaban J connectivity index is 1.62. The van der Waals surface area contributed by atoms with Gasteiger partial charge in [0.1, 0.15) is 18.5 Å². The maximum Gasteiger partial charge on any atom is 0.228 e. The minimum absolute atomic E-state index is 0.535. The van der Waals surface area contributed by atoms with Gasteiger partial charge in [-0.05, 0) is 71.3 Å². The van der Waals surface area contributed by atoms with Crippen LogP contribution in [0, 0.1) is 13.8 Å². The molecule has 4 aromatic carbocycles. The maximum absolute atomic E-state index is 6.78. The number of hydrogen-bond donors (Lipinski definition) is 0. The number of pyridine rings is 1. The average molecular weight is 447 g/mol. The van der Waals surface area contributed by atoms with Crippen molar-refractivity contribution in [2.75, 3.05) is 13.2 Å². The predicted molar refractivity (Wildman–Crippen MR) is 138 cm³/mol. The smallest absolute Gasteiger partial charge is 0.228 e. The normalized spacial score (nSPS) is 15.6. The van der Waals surface area contributed by atoms with Gasteiger partial charge < -0.3 is 9.47 Å². The number of rotatable bonds is 1. The first-order valence-corrected chi connectivity index (χ1v) is 12.3. The molecule has 0 aliphatic carbocycles. The molecule has 1 saturated heterocycles. The highest BCUT2D eigenvalue weighted by atomic mass is 16.5. The Hall–Kier alpha value is -3.43. The van der Waals surface area contributed by atoms with Gasteiger partial charge in [-0.3, -0.25) is 0 Å². The van der Waals surface area contributed by atoms with Crippen LogP contribution in [0.4, 0.5) is 0 Å². The monoisotopic (exact) mass is 446 g/mol. The van der Waals surface area contributed by atoms with Crippen LogP contribution in [0.1, 0.15) is 35.4 Å². The quantitative estimate of drug-likeness (QED) is 0.196. The summed E-state index contributed by atoms with van der Waals surface area (Å²) in [6, 6.07) is 20.0. The van der Waals surface area contributed by atoms with Gasteiger partial charge >= 0.3 is 0 Å². The molecule has 5 aromatic rings. The van der Waals surface area contributed by atoms with Crippen molar-refractivity contribution in [3.63, 3.8) is 0 Å². The summed E-state index contributed by atoms with van der Waals surface area (Å²) in [5, 5.41) is 7.70. The van der Waals surface area contributed by atoms with Crippen LogP contribution < -0.4 is 9.30 Å². The van der Waals surface area contributed by atoms with E-state index in [0.717, 1.165) is 37.6 Å². The van der Waals surface area contributed by atoms with E-state index in [-0.39, 0.29) is 0 Å². The third-order valence-electron chi connectivity index (χ3n) is 8.04. The van der Waals surface area contributed by atoms with Crippen molar-refractivity contribution in [3.8, 4) is 22.8 Å². The molecule has 3 nitrogen and oxygen atoms in total. The van der Waals surface area contributed by atoms with Gasteiger partial charge in [-0.1, -0.05) is 42.5 Å². The Morgan fingerprint density at radius 2 is 1.59 bits per heavy atom. The molecule has 1 fully saturated rings. The van der Waals surface area contributed by atoms with E-state index in [1.165, 1.54) is 60.3 Å². The second-order valence-corrected chi connectivity index (χ2v) is 9.87. The van der Waals surface area contributed by atoms with Gasteiger partial charge in [0.15, 0.2) is 6.20 Å². The molecule has 0 saturated carbocycles. The molecule has 0 amide bonds. The fourth-order valence-electron chi connectivity index (χ4n) is 6.34. The Morgan fingerprint density at radius 3 is 2.38 bits per heavy atom. The number of fused-ring (bicyclic) bond motifs is 5. The second-order valence-electron chi connectivity index (χ2n) is 9.87. The van der Waals surface area contributed by atoms with Gasteiger partial charge in [-0.25, -0.2) is 4.57 Å². The lowest BCUT2D eigenvalue weighted by atomic mass is 9.84. The van der Waals surface area contributed by atoms with E-state index in [1.807, 2.05) is 0 Å². The largest absolute Gasteiger partial charge is 0.455 e. The Kier molecular flexibility index (Phi) is 4.28. The highest BCUT2D eigenvalue weighted by Crippen LogP contribution is 2.52. The van der Waals surface area contributed by atoms with Gasteiger partial charge in [-0.15, -0.1) is 0 Å². The van der Waals surface area contributed by atoms with E-state index in [1.54, 1.807) is 0 Å². The molecule has 34 heavy (non-hydrogen) atoms. The Labute approximate surface area is 199 Å². The summed E-state index contributed by atoms with van der Waals surface area (Å²) in [4.78, 5) is 0. The Bertz CT molecular complexity index is 1640. The topological polar surface area (TPSA) is 22.3 Å². The van der Waals surface area contributed by atoms with Crippen LogP contribution >= 0.6 is 0 Å². The minimum Gasteiger partial charge on any atom is -0.455 e. The molecular weight excluding hydrogens is 418 g/mol. The Morgan fingerprint density at radius 1 is 0.824 bits per heavy atom. The molecule has 7 rings (SSSR count). The number of ether oxygens (including phenoxy) is 2. The van der Waals surface area contributed by atoms with Gasteiger partial charge in [0.25, 0.3) is 0 Å². The zero-order valence-electron chi connectivity index (χ0n) is 19.9. The number of benzene rings is 4. The first-order valence-electron chi connectivity index (χ1n) is 12.3. The number of aromatic nitrogens is 1. The summed E-state index contributed by atoms with van der Waals surface area (Å²) in [5.74, 6) is 2.49. The van der Waals surface area contributed by atoms with Crippen LogP contribution in [0.2, 0.25) is 0 Å². The molecule has 3 heteroatoms. The van der Waals surface area contributed by atoms with E-state index in [2.05, 4.69) is 86.3 Å². The molecule has 0 radical (unpaired) electrons. The summed E-state index contributed by atoms with van der Waals surface area (Å²) in [7, 11) is 2.16. The molecule has 2 aliphatic rings. The van der Waals surface area contributed by atoms with Crippen LogP contribution in [0.25, 0.3) is 43.6 Å². The average Bonchev–Trinajstić information content (AvgIpc) is 2.88. The first-order chi connectivity index (χ1) is 16.6. The molecule has 0 atom stereocenters. The van der Waals surface area contributed by atoms with Crippen molar-refractivity contribution in [2.45, 2.75) is 32.6 Å². The van der Waals surface area contributed by atoms with Gasteiger partial charge in [0, 0.05) is 30.2 Å². The van der Waals surface area contributed by atoms with Crippen LogP contribution in [-0.4, -0.2) is 13.2 Å². The molecule has 0 unspecified atom stereocenters. The number of hydrogen-bond acceptors (Lipinski definition) is 2. The zero-order valence-corrected chi connectivity index (χ0v) is 19.9. The van der Waals surface area contributed by atoms with Crippen molar-refractivity contribution in [1.29, 1.82) is 0 Å². The lowest BCUT2D eigenvalue weighted by molar-refractivity contribution is -0.659. The highest BCUT2D eigenvalue weighted by molar-refractivity contribution is 6.17. The van der Waals surface area contributed by atoms with Crippen molar-refractivity contribution < 1.29 is 14.0 Å². The van der Waals surface area contributed by atoms with E-state index in [9.17, 15) is 0 Å². The number of aryl methyl sites for hydroxylation is 3. The fraction of sp³-hybridized carbons (Fsp3) is 0.258. The van der Waals surface area contributed by atoms with Crippen LogP contribution in [0.3, 0.4) is 0 Å². The van der Waals surface area contributed by atoms with E-state index in [4.69, 9.17) is 9.47 Å². The SMILES string of the molecule is Cc1c2c(c(C)c3ccccc13)-c1c3c(cc4cccc(C5CCOCC5)c4c3cc[n+]1C)O2. The van der Waals surface area contributed by atoms with E-state index < -0.39 is 0 Å². The minimum atomic E-state index is 0.535. The molecular formula is C31H28NO2+. The van der Waals surface area contributed by atoms with Gasteiger partial charge in [0.2, 0.25) is 5.69 Å². The second kappa shape index (κ2) is 7.28. The summed E-state index contributed by atoms with van der Waals surface area (Å²) in [5.41, 5.74) is 6.41. The van der Waals surface area contributed by atoms with Crippen molar-refractivity contribution in [2.24, 2.45) is 7.05 Å². The third kappa shape index (κ3) is 2.65. The lowest BCUT2D eigenvalue weighted by Crippen LogP contribution is -2.32. The summed E-state index contributed by atoms with van der Waals surface area (Å²) < 4.78 is 14.7. The van der Waals surface area contributed by atoms with Crippen molar-refractivity contribution >= 4 is 32.3 Å². The van der Waals surface area contributed by atoms with Gasteiger partial charge in [0.05, 0.1) is 10.9 Å². The molecule has 3 heterocycles. The first kappa shape index (κ1) is 20.0. The summed E-state index contributed by atoms with van der Waals surface area (Å²) in [6.45, 7) is 6.12. The van der Waals surface area contributed by atoms with Crippen molar-refractivity contribution in [1.82, 2.24) is 0 Å².